The highest BCUT2D eigenvalue weighted by molar-refractivity contribution is 7.92. The summed E-state index contributed by atoms with van der Waals surface area (Å²) >= 11 is 0. The summed E-state index contributed by atoms with van der Waals surface area (Å²) in [7, 11) is -4.10. The van der Waals surface area contributed by atoms with Gasteiger partial charge < -0.3 is 0 Å². The van der Waals surface area contributed by atoms with Crippen LogP contribution in [-0.4, -0.2) is 23.1 Å². The standard InChI is InChI=1S/C16H13F3N4O2S/c1-11-7-8-12(9-20-11)15-21-14(16(17,18)19)10-23(15)22-26(24,25)13-5-3-2-4-6-13/h2-10,22H,1H3. The van der Waals surface area contributed by atoms with E-state index in [1.807, 2.05) is 0 Å². The van der Waals surface area contributed by atoms with Crippen molar-refractivity contribution in [1.82, 2.24) is 14.6 Å². The molecule has 0 atom stereocenters. The summed E-state index contributed by atoms with van der Waals surface area (Å²) in [6, 6.07) is 10.4. The van der Waals surface area contributed by atoms with Crippen molar-refractivity contribution in [2.24, 2.45) is 0 Å². The lowest BCUT2D eigenvalue weighted by molar-refractivity contribution is -0.140. The summed E-state index contributed by atoms with van der Waals surface area (Å²) < 4.78 is 64.8. The van der Waals surface area contributed by atoms with Crippen LogP contribution in [0.15, 0.2) is 59.8 Å². The fourth-order valence-corrected chi connectivity index (χ4v) is 3.19. The van der Waals surface area contributed by atoms with Crippen molar-refractivity contribution in [2.45, 2.75) is 18.0 Å². The van der Waals surface area contributed by atoms with Crippen LogP contribution < -0.4 is 4.83 Å². The average molecular weight is 382 g/mol. The van der Waals surface area contributed by atoms with Gasteiger partial charge >= 0.3 is 6.18 Å². The first-order valence-corrected chi connectivity index (χ1v) is 8.82. The Morgan fingerprint density at radius 3 is 2.35 bits per heavy atom. The molecule has 3 aromatic rings. The molecule has 0 amide bonds. The van der Waals surface area contributed by atoms with Crippen molar-refractivity contribution >= 4 is 10.0 Å². The molecular formula is C16H13F3N4O2S. The molecule has 10 heteroatoms. The van der Waals surface area contributed by atoms with Crippen molar-refractivity contribution in [3.63, 3.8) is 0 Å². The van der Waals surface area contributed by atoms with E-state index in [-0.39, 0.29) is 16.3 Å². The van der Waals surface area contributed by atoms with Gasteiger partial charge in [-0.25, -0.2) is 14.5 Å². The van der Waals surface area contributed by atoms with E-state index in [0.29, 0.717) is 11.9 Å². The molecule has 0 radical (unpaired) electrons. The Morgan fingerprint density at radius 2 is 1.77 bits per heavy atom. The van der Waals surface area contributed by atoms with Crippen LogP contribution in [0.25, 0.3) is 11.4 Å². The van der Waals surface area contributed by atoms with E-state index >= 15 is 0 Å². The van der Waals surface area contributed by atoms with Crippen molar-refractivity contribution in [3.8, 4) is 11.4 Å². The highest BCUT2D eigenvalue weighted by atomic mass is 32.2. The molecule has 2 aromatic heterocycles. The van der Waals surface area contributed by atoms with Crippen LogP contribution in [0.1, 0.15) is 11.4 Å². The van der Waals surface area contributed by atoms with Gasteiger partial charge in [0.2, 0.25) is 0 Å². The van der Waals surface area contributed by atoms with Crippen LogP contribution in [0.3, 0.4) is 0 Å². The molecule has 3 rings (SSSR count). The smallest absolute Gasteiger partial charge is 0.261 e. The van der Waals surface area contributed by atoms with Crippen molar-refractivity contribution in [3.05, 3.63) is 66.2 Å². The van der Waals surface area contributed by atoms with E-state index in [2.05, 4.69) is 14.8 Å². The maximum Gasteiger partial charge on any atom is 0.434 e. The molecule has 1 aromatic carbocycles. The number of nitrogens with one attached hydrogen (secondary N) is 1. The first-order chi connectivity index (χ1) is 12.2. The van der Waals surface area contributed by atoms with Gasteiger partial charge in [0.05, 0.1) is 11.1 Å². The Hall–Kier alpha value is -2.88. The van der Waals surface area contributed by atoms with Crippen LogP contribution in [0.5, 0.6) is 0 Å². The van der Waals surface area contributed by atoms with Crippen molar-refractivity contribution < 1.29 is 21.6 Å². The zero-order valence-corrected chi connectivity index (χ0v) is 14.2. The van der Waals surface area contributed by atoms with Crippen molar-refractivity contribution in [2.75, 3.05) is 4.83 Å². The summed E-state index contributed by atoms with van der Waals surface area (Å²) in [5.41, 5.74) is -0.321. The fraction of sp³-hybridized carbons (Fsp3) is 0.125. The highest BCUT2D eigenvalue weighted by Gasteiger charge is 2.35. The average Bonchev–Trinajstić information content (AvgIpc) is 3.00. The molecule has 2 heterocycles. The summed E-state index contributed by atoms with van der Waals surface area (Å²) in [5.74, 6) is -0.218. The molecule has 0 saturated heterocycles. The predicted octanol–water partition coefficient (Wildman–Crippen LogP) is 3.20. The molecule has 0 unspecified atom stereocenters. The molecular weight excluding hydrogens is 369 g/mol. The number of sulfonamides is 1. The van der Waals surface area contributed by atoms with Gasteiger partial charge in [-0.2, -0.15) is 21.6 Å². The van der Waals surface area contributed by atoms with E-state index < -0.39 is 21.9 Å². The molecule has 26 heavy (non-hydrogen) atoms. The minimum absolute atomic E-state index is 0.0877. The van der Waals surface area contributed by atoms with Gasteiger partial charge in [-0.1, -0.05) is 18.2 Å². The number of alkyl halides is 3. The van der Waals surface area contributed by atoms with Crippen molar-refractivity contribution in [1.29, 1.82) is 0 Å². The first kappa shape index (κ1) is 17.9. The second kappa shape index (κ2) is 6.45. The number of benzene rings is 1. The van der Waals surface area contributed by atoms with Gasteiger partial charge in [-0.3, -0.25) is 4.98 Å². The third-order valence-electron chi connectivity index (χ3n) is 3.44. The molecule has 0 bridgehead atoms. The summed E-state index contributed by atoms with van der Waals surface area (Å²) in [5, 5.41) is 0. The number of halogens is 3. The molecule has 0 aliphatic carbocycles. The SMILES string of the molecule is Cc1ccc(-c2nc(C(F)(F)F)cn2NS(=O)(=O)c2ccccc2)cn1. The fourth-order valence-electron chi connectivity index (χ4n) is 2.17. The Morgan fingerprint density at radius 1 is 1.08 bits per heavy atom. The number of nitrogens with zero attached hydrogens (tertiary/aromatic N) is 3. The molecule has 0 fully saturated rings. The molecule has 0 spiro atoms. The largest absolute Gasteiger partial charge is 0.434 e. The Kier molecular flexibility index (Phi) is 4.45. The number of rotatable bonds is 4. The number of hydrogen-bond acceptors (Lipinski definition) is 4. The first-order valence-electron chi connectivity index (χ1n) is 7.34. The monoisotopic (exact) mass is 382 g/mol. The topological polar surface area (TPSA) is 76.9 Å². The number of hydrogen-bond donors (Lipinski definition) is 1. The molecule has 0 saturated carbocycles. The summed E-state index contributed by atoms with van der Waals surface area (Å²) in [6.07, 6.45) is -2.81. The number of aromatic nitrogens is 3. The van der Waals surface area contributed by atoms with Gasteiger partial charge in [0.25, 0.3) is 10.0 Å². The van der Waals surface area contributed by atoms with Gasteiger partial charge in [-0.15, -0.1) is 0 Å². The Balaban J connectivity index is 2.08. The zero-order chi connectivity index (χ0) is 18.9. The third-order valence-corrected chi connectivity index (χ3v) is 4.77. The number of aryl methyl sites for hydroxylation is 1. The molecule has 1 N–H and O–H groups in total. The van der Waals surface area contributed by atoms with E-state index in [4.69, 9.17) is 0 Å². The lowest BCUT2D eigenvalue weighted by Crippen LogP contribution is -2.23. The predicted molar refractivity (Wildman–Crippen MR) is 88.2 cm³/mol. The highest BCUT2D eigenvalue weighted by Crippen LogP contribution is 2.30. The van der Waals surface area contributed by atoms with Crippen LogP contribution in [-0.2, 0) is 16.2 Å². The molecule has 6 nitrogen and oxygen atoms in total. The minimum Gasteiger partial charge on any atom is -0.261 e. The zero-order valence-electron chi connectivity index (χ0n) is 13.4. The van der Waals surface area contributed by atoms with E-state index in [9.17, 15) is 21.6 Å². The van der Waals surface area contributed by atoms with Crippen LogP contribution >= 0.6 is 0 Å². The quantitative estimate of drug-likeness (QED) is 0.752. The van der Waals surface area contributed by atoms with Gasteiger partial charge in [0.15, 0.2) is 11.5 Å². The lowest BCUT2D eigenvalue weighted by Gasteiger charge is -2.11. The summed E-state index contributed by atoms with van der Waals surface area (Å²) in [4.78, 5) is 9.56. The normalized spacial score (nSPS) is 12.2. The third kappa shape index (κ3) is 3.69. The summed E-state index contributed by atoms with van der Waals surface area (Å²) in [6.45, 7) is 1.72. The van der Waals surface area contributed by atoms with Crippen LogP contribution in [0, 0.1) is 6.92 Å². The lowest BCUT2D eigenvalue weighted by atomic mass is 10.2. The Bertz CT molecular complexity index is 1010. The second-order valence-corrected chi connectivity index (χ2v) is 7.07. The van der Waals surface area contributed by atoms with Gasteiger partial charge in [-0.05, 0) is 31.2 Å². The van der Waals surface area contributed by atoms with E-state index in [1.165, 1.54) is 36.5 Å². The maximum atomic E-state index is 13.0. The van der Waals surface area contributed by atoms with Crippen LogP contribution in [0.4, 0.5) is 13.2 Å². The van der Waals surface area contributed by atoms with Gasteiger partial charge in [0.1, 0.15) is 0 Å². The van der Waals surface area contributed by atoms with Crippen LogP contribution in [0.2, 0.25) is 0 Å². The molecule has 0 aliphatic rings. The van der Waals surface area contributed by atoms with E-state index in [0.717, 1.165) is 4.68 Å². The number of pyridine rings is 1. The maximum absolute atomic E-state index is 13.0. The minimum atomic E-state index is -4.73. The Labute approximate surface area is 147 Å². The molecule has 136 valence electrons. The number of imidazole rings is 1. The van der Waals surface area contributed by atoms with E-state index in [1.54, 1.807) is 19.1 Å². The second-order valence-electron chi connectivity index (χ2n) is 5.41. The molecule has 0 aliphatic heterocycles. The van der Waals surface area contributed by atoms with Gasteiger partial charge in [0, 0.05) is 17.5 Å².